The summed E-state index contributed by atoms with van der Waals surface area (Å²) in [4.78, 5) is 10.1. The number of aliphatic hydroxyl groups is 5. The SMILES string of the molecule is O=C(O)C(O)C(O)C(O)C(O)CO.O=S(=O)(O)O.[Cu].[Mn]. The van der Waals surface area contributed by atoms with Gasteiger partial charge in [0.15, 0.2) is 6.10 Å². The van der Waals surface area contributed by atoms with Crippen LogP contribution in [-0.2, 0) is 49.3 Å². The third kappa shape index (κ3) is 16.2. The number of aliphatic carboxylic acids is 1. The zero-order valence-corrected chi connectivity index (χ0v) is 12.3. The molecule has 0 fully saturated rings. The fourth-order valence-corrected chi connectivity index (χ4v) is 0.668. The van der Waals surface area contributed by atoms with E-state index in [-0.39, 0.29) is 34.1 Å². The molecule has 20 heavy (non-hydrogen) atoms. The predicted octanol–water partition coefficient (Wildman–Crippen LogP) is -4.15. The first-order chi connectivity index (χ1) is 7.91. The Bertz CT molecular complexity index is 341. The summed E-state index contributed by atoms with van der Waals surface area (Å²) >= 11 is 0. The summed E-state index contributed by atoms with van der Waals surface area (Å²) in [5, 5.41) is 51.8. The van der Waals surface area contributed by atoms with Gasteiger partial charge in [-0.25, -0.2) is 4.79 Å². The molecule has 8 N–H and O–H groups in total. The fourth-order valence-electron chi connectivity index (χ4n) is 0.668. The van der Waals surface area contributed by atoms with Crippen molar-refractivity contribution in [1.82, 2.24) is 0 Å². The number of carboxylic acid groups (broad SMARTS) is 1. The van der Waals surface area contributed by atoms with Crippen molar-refractivity contribution in [2.45, 2.75) is 24.4 Å². The second-order valence-electron chi connectivity index (χ2n) is 2.96. The van der Waals surface area contributed by atoms with Crippen LogP contribution in [0.5, 0.6) is 0 Å². The summed E-state index contributed by atoms with van der Waals surface area (Å²) in [6.07, 6.45) is -7.84. The van der Waals surface area contributed by atoms with Crippen molar-refractivity contribution >= 4 is 16.4 Å². The van der Waals surface area contributed by atoms with Crippen LogP contribution in [0.1, 0.15) is 0 Å². The second-order valence-corrected chi connectivity index (χ2v) is 3.86. The van der Waals surface area contributed by atoms with E-state index in [1.165, 1.54) is 0 Å². The molecule has 0 aliphatic heterocycles. The molecule has 0 aromatic heterocycles. The molecule has 11 nitrogen and oxygen atoms in total. The van der Waals surface area contributed by atoms with Gasteiger partial charge in [-0.15, -0.1) is 0 Å². The van der Waals surface area contributed by atoms with E-state index in [1.54, 1.807) is 0 Å². The first-order valence-electron chi connectivity index (χ1n) is 4.17. The molecule has 14 heteroatoms. The van der Waals surface area contributed by atoms with Gasteiger partial charge in [0.2, 0.25) is 0 Å². The van der Waals surface area contributed by atoms with Crippen LogP contribution >= 0.6 is 0 Å². The molecule has 128 valence electrons. The van der Waals surface area contributed by atoms with Gasteiger partial charge >= 0.3 is 16.4 Å². The van der Waals surface area contributed by atoms with Crippen LogP contribution in [0, 0.1) is 0 Å². The molecule has 0 aliphatic carbocycles. The van der Waals surface area contributed by atoms with E-state index >= 15 is 0 Å². The molecule has 2 radical (unpaired) electrons. The molecular formula is C6H14CuMnO11S. The molecule has 0 aromatic rings. The monoisotopic (exact) mass is 412 g/mol. The Hall–Kier alpha value is 0.179. The average molecular weight is 413 g/mol. The van der Waals surface area contributed by atoms with Crippen LogP contribution in [-0.4, -0.2) is 85.2 Å². The molecule has 0 bridgehead atoms. The minimum atomic E-state index is -4.67. The van der Waals surface area contributed by atoms with Crippen LogP contribution < -0.4 is 0 Å². The Morgan fingerprint density at radius 2 is 1.30 bits per heavy atom. The predicted molar refractivity (Wildman–Crippen MR) is 52.9 cm³/mol. The molecule has 4 atom stereocenters. The van der Waals surface area contributed by atoms with Crippen molar-refractivity contribution in [3.8, 4) is 0 Å². The van der Waals surface area contributed by atoms with E-state index in [4.69, 9.17) is 48.2 Å². The van der Waals surface area contributed by atoms with Gasteiger partial charge in [-0.3, -0.25) is 9.11 Å². The van der Waals surface area contributed by atoms with Crippen LogP contribution in [0.15, 0.2) is 0 Å². The first-order valence-corrected chi connectivity index (χ1v) is 5.57. The third-order valence-electron chi connectivity index (χ3n) is 1.51. The van der Waals surface area contributed by atoms with Crippen LogP contribution in [0.25, 0.3) is 0 Å². The molecule has 4 unspecified atom stereocenters. The Balaban J connectivity index is -0.000000158. The summed E-state index contributed by atoms with van der Waals surface area (Å²) in [5.41, 5.74) is 0. The van der Waals surface area contributed by atoms with E-state index < -0.39 is 47.4 Å². The van der Waals surface area contributed by atoms with Gasteiger partial charge in [0, 0.05) is 34.1 Å². The molecule has 0 amide bonds. The summed E-state index contributed by atoms with van der Waals surface area (Å²) in [6.45, 7) is -0.843. The molecule has 0 heterocycles. The van der Waals surface area contributed by atoms with Gasteiger partial charge in [0.25, 0.3) is 0 Å². The van der Waals surface area contributed by atoms with Gasteiger partial charge in [0.1, 0.15) is 18.3 Å². The maximum absolute atomic E-state index is 10.1. The molecule has 0 aliphatic rings. The molecule has 0 saturated carbocycles. The minimum absolute atomic E-state index is 0. The number of rotatable bonds is 5. The number of carbonyl (C=O) groups is 1. The van der Waals surface area contributed by atoms with Crippen molar-refractivity contribution < 1.29 is 87.1 Å². The maximum atomic E-state index is 10.1. The van der Waals surface area contributed by atoms with Crippen molar-refractivity contribution in [3.05, 3.63) is 0 Å². The summed E-state index contributed by atoms with van der Waals surface area (Å²) in [5.74, 6) is -1.73. The third-order valence-corrected chi connectivity index (χ3v) is 1.51. The smallest absolute Gasteiger partial charge is 0.394 e. The maximum Gasteiger partial charge on any atom is 0.394 e. The second kappa shape index (κ2) is 12.9. The quantitative estimate of drug-likeness (QED) is 0.160. The fraction of sp³-hybridized carbons (Fsp3) is 0.833. The van der Waals surface area contributed by atoms with E-state index in [9.17, 15) is 4.79 Å². The Kier molecular flexibility index (Phi) is 18.3. The molecule has 0 rings (SSSR count). The van der Waals surface area contributed by atoms with Crippen LogP contribution in [0.2, 0.25) is 0 Å². The normalized spacial score (nSPS) is 16.1. The number of carboxylic acids is 1. The van der Waals surface area contributed by atoms with E-state index in [1.807, 2.05) is 0 Å². The topological polar surface area (TPSA) is 213 Å². The number of aliphatic hydroxyl groups excluding tert-OH is 5. The molecular weight excluding hydrogens is 399 g/mol. The standard InChI is InChI=1S/C6H12O7.Cu.Mn.H2O4S/c7-1-2(8)3(9)4(10)5(11)6(12)13;;;1-5(2,3)4/h2-5,7-11H,1H2,(H,12,13);;;(H2,1,2,3,4). The van der Waals surface area contributed by atoms with Crippen molar-refractivity contribution in [3.63, 3.8) is 0 Å². The number of hydrogen-bond acceptors (Lipinski definition) is 8. The van der Waals surface area contributed by atoms with Gasteiger partial charge in [-0.1, -0.05) is 0 Å². The van der Waals surface area contributed by atoms with Gasteiger partial charge in [-0.05, 0) is 0 Å². The van der Waals surface area contributed by atoms with Crippen molar-refractivity contribution in [2.75, 3.05) is 6.61 Å². The number of hydrogen-bond donors (Lipinski definition) is 8. The molecule has 0 spiro atoms. The Morgan fingerprint density at radius 1 is 1.00 bits per heavy atom. The van der Waals surface area contributed by atoms with Gasteiger partial charge < -0.3 is 30.6 Å². The molecule has 0 saturated heterocycles. The minimum Gasteiger partial charge on any atom is -0.479 e. The summed E-state index contributed by atoms with van der Waals surface area (Å²) < 4.78 is 31.6. The Morgan fingerprint density at radius 3 is 1.50 bits per heavy atom. The molecule has 0 aromatic carbocycles. The van der Waals surface area contributed by atoms with Crippen molar-refractivity contribution in [1.29, 1.82) is 0 Å². The zero-order valence-electron chi connectivity index (χ0n) is 9.41. The van der Waals surface area contributed by atoms with E-state index in [2.05, 4.69) is 0 Å². The van der Waals surface area contributed by atoms with Crippen LogP contribution in [0.4, 0.5) is 0 Å². The largest absolute Gasteiger partial charge is 0.479 e. The van der Waals surface area contributed by atoms with Gasteiger partial charge in [-0.2, -0.15) is 8.42 Å². The van der Waals surface area contributed by atoms with Crippen molar-refractivity contribution in [2.24, 2.45) is 0 Å². The van der Waals surface area contributed by atoms with Gasteiger partial charge in [0.05, 0.1) is 6.61 Å². The summed E-state index contributed by atoms with van der Waals surface area (Å²) in [6, 6.07) is 0. The summed E-state index contributed by atoms with van der Waals surface area (Å²) in [7, 11) is -4.67. The zero-order chi connectivity index (χ0) is 15.1. The average Bonchev–Trinajstić information content (AvgIpc) is 2.22. The van der Waals surface area contributed by atoms with Crippen LogP contribution in [0.3, 0.4) is 0 Å². The Labute approximate surface area is 134 Å². The van der Waals surface area contributed by atoms with E-state index in [0.717, 1.165) is 0 Å². The van der Waals surface area contributed by atoms with E-state index in [0.29, 0.717) is 0 Å². The first kappa shape index (κ1) is 28.4.